The Bertz CT molecular complexity index is 1360. The Morgan fingerprint density at radius 2 is 0.370 bits per heavy atom. The molecule has 8 heteroatoms. The lowest BCUT2D eigenvalue weighted by Gasteiger charge is -2.08. The number of alkyl halides is 6. The Kier molecular flexibility index (Phi) is 12.6. The predicted octanol–water partition coefficient (Wildman–Crippen LogP) is 11.7. The molecule has 0 aliphatic rings. The van der Waals surface area contributed by atoms with Gasteiger partial charge in [0.05, 0.1) is 21.8 Å². The van der Waals surface area contributed by atoms with Crippen molar-refractivity contribution in [3.63, 3.8) is 0 Å². The second-order valence-corrected chi connectivity index (χ2v) is 13.5. The molecule has 0 heterocycles. The molecule has 6 aromatic carbocycles. The van der Waals surface area contributed by atoms with Crippen LogP contribution in [0.4, 0.5) is 26.3 Å². The fourth-order valence-corrected chi connectivity index (χ4v) is 8.36. The highest BCUT2D eigenvalue weighted by atomic mass is 32.2. The zero-order valence-electron chi connectivity index (χ0n) is 24.4. The third-order valence-corrected chi connectivity index (χ3v) is 10.7. The second-order valence-electron chi connectivity index (χ2n) is 9.49. The molecule has 0 amide bonds. The van der Waals surface area contributed by atoms with Crippen LogP contribution in [-0.2, 0) is 21.8 Å². The Balaban J connectivity index is 0.000000170. The summed E-state index contributed by atoms with van der Waals surface area (Å²) >= 11 is 0. The highest BCUT2D eigenvalue weighted by Gasteiger charge is 2.58. The molecule has 0 radical (unpaired) electrons. The van der Waals surface area contributed by atoms with Crippen molar-refractivity contribution in [1.82, 2.24) is 0 Å². The van der Waals surface area contributed by atoms with Crippen LogP contribution in [0.25, 0.3) is 0 Å². The van der Waals surface area contributed by atoms with E-state index in [0.717, 1.165) is 0 Å². The summed E-state index contributed by atoms with van der Waals surface area (Å²) < 4.78 is 62.6. The van der Waals surface area contributed by atoms with Crippen LogP contribution in [0.3, 0.4) is 0 Å². The number of hydrogen-bond donors (Lipinski definition) is 0. The van der Waals surface area contributed by atoms with Crippen molar-refractivity contribution in [1.29, 1.82) is 0 Å². The van der Waals surface area contributed by atoms with Gasteiger partial charge in [-0.3, -0.25) is 0 Å². The van der Waals surface area contributed by atoms with Gasteiger partial charge in [0.1, 0.15) is 0 Å². The first-order valence-corrected chi connectivity index (χ1v) is 16.5. The standard InChI is InChI=1S/2C18H15S.C2F6/c2*1-4-10-16(11-5-1)19(17-12-6-2-7-13-17)18-14-8-3-9-15-18;3-1(4,5)2(6,7)8/h2*1-15H;/q2*+1;. The molecule has 0 unspecified atom stereocenters. The fourth-order valence-electron chi connectivity index (χ4n) is 4.16. The van der Waals surface area contributed by atoms with Crippen LogP contribution >= 0.6 is 0 Å². The van der Waals surface area contributed by atoms with E-state index >= 15 is 0 Å². The average molecular weight is 665 g/mol. The van der Waals surface area contributed by atoms with Gasteiger partial charge in [0.2, 0.25) is 0 Å². The van der Waals surface area contributed by atoms with E-state index in [-0.39, 0.29) is 21.8 Å². The van der Waals surface area contributed by atoms with E-state index < -0.39 is 12.4 Å². The third kappa shape index (κ3) is 10.1. The van der Waals surface area contributed by atoms with Gasteiger partial charge in [-0.25, -0.2) is 0 Å². The largest absolute Gasteiger partial charge is 0.487 e. The van der Waals surface area contributed by atoms with Crippen molar-refractivity contribution in [2.24, 2.45) is 0 Å². The monoisotopic (exact) mass is 664 g/mol. The molecule has 0 atom stereocenters. The molecule has 0 aliphatic carbocycles. The molecule has 0 spiro atoms. The van der Waals surface area contributed by atoms with E-state index in [2.05, 4.69) is 182 Å². The predicted molar refractivity (Wildman–Crippen MR) is 175 cm³/mol. The quantitative estimate of drug-likeness (QED) is 0.123. The minimum Gasteiger partial charge on any atom is -0.162 e. The van der Waals surface area contributed by atoms with E-state index in [4.69, 9.17) is 0 Å². The Hall–Kier alpha value is -4.40. The highest BCUT2D eigenvalue weighted by molar-refractivity contribution is 7.97. The van der Waals surface area contributed by atoms with Crippen molar-refractivity contribution < 1.29 is 26.3 Å². The molecule has 6 rings (SSSR count). The van der Waals surface area contributed by atoms with Gasteiger partial charge in [-0.2, -0.15) is 26.3 Å². The first-order valence-electron chi connectivity index (χ1n) is 14.1. The maximum atomic E-state index is 10.4. The van der Waals surface area contributed by atoms with E-state index in [0.29, 0.717) is 0 Å². The lowest BCUT2D eigenvalue weighted by molar-refractivity contribution is -0.339. The maximum Gasteiger partial charge on any atom is 0.487 e. The highest BCUT2D eigenvalue weighted by Crippen LogP contribution is 2.36. The van der Waals surface area contributed by atoms with Gasteiger partial charge in [-0.05, 0) is 72.8 Å². The summed E-state index contributed by atoms with van der Waals surface area (Å²) in [4.78, 5) is 8.17. The van der Waals surface area contributed by atoms with E-state index in [1.54, 1.807) is 0 Å². The van der Waals surface area contributed by atoms with Crippen molar-refractivity contribution in [2.75, 3.05) is 0 Å². The minimum absolute atomic E-state index is 0.0146. The van der Waals surface area contributed by atoms with Gasteiger partial charge in [0.25, 0.3) is 0 Å². The average Bonchev–Trinajstić information content (AvgIpc) is 3.08. The Morgan fingerprint density at radius 3 is 0.478 bits per heavy atom. The van der Waals surface area contributed by atoms with Gasteiger partial charge in [0, 0.05) is 0 Å². The summed E-state index contributed by atoms with van der Waals surface area (Å²) in [5.74, 6) is 0. The molecule has 6 aromatic rings. The normalized spacial score (nSPS) is 11.2. The summed E-state index contributed by atoms with van der Waals surface area (Å²) in [5.41, 5.74) is 0. The molecule has 46 heavy (non-hydrogen) atoms. The first kappa shape index (κ1) is 34.5. The molecular formula is C38H30F6S2+2. The smallest absolute Gasteiger partial charge is 0.162 e. The van der Waals surface area contributed by atoms with Crippen molar-refractivity contribution in [3.8, 4) is 0 Å². The molecule has 234 valence electrons. The molecule has 0 aromatic heterocycles. The topological polar surface area (TPSA) is 0 Å². The molecule has 0 aliphatic heterocycles. The lowest BCUT2D eigenvalue weighted by atomic mass is 10.4. The molecule has 0 saturated heterocycles. The van der Waals surface area contributed by atoms with E-state index in [9.17, 15) is 26.3 Å². The molecule has 0 bridgehead atoms. The fraction of sp³-hybridized carbons (Fsp3) is 0.0526. The van der Waals surface area contributed by atoms with Crippen LogP contribution in [0.1, 0.15) is 0 Å². The summed E-state index contributed by atoms with van der Waals surface area (Å²) in [5, 5.41) is 0. The first-order chi connectivity index (χ1) is 22.1. The number of rotatable bonds is 6. The van der Waals surface area contributed by atoms with Crippen LogP contribution in [-0.4, -0.2) is 12.4 Å². The SMILES string of the molecule is FC(F)(F)C(F)(F)F.c1ccc([S+](c2ccccc2)c2ccccc2)cc1.c1ccc([S+](c2ccccc2)c2ccccc2)cc1. The van der Waals surface area contributed by atoms with Gasteiger partial charge in [-0.15, -0.1) is 0 Å². The zero-order chi connectivity index (χ0) is 32.8. The zero-order valence-corrected chi connectivity index (χ0v) is 26.0. The van der Waals surface area contributed by atoms with Gasteiger partial charge in [0.15, 0.2) is 29.4 Å². The third-order valence-electron chi connectivity index (χ3n) is 6.19. The molecule has 0 N–H and O–H groups in total. The number of halogens is 6. The van der Waals surface area contributed by atoms with Gasteiger partial charge >= 0.3 is 12.4 Å². The van der Waals surface area contributed by atoms with Crippen LogP contribution < -0.4 is 0 Å². The molecule has 0 nitrogen and oxygen atoms in total. The minimum atomic E-state index is -6.06. The van der Waals surface area contributed by atoms with Crippen molar-refractivity contribution in [3.05, 3.63) is 182 Å². The van der Waals surface area contributed by atoms with Crippen molar-refractivity contribution >= 4 is 21.8 Å². The maximum absolute atomic E-state index is 10.4. The molecular weight excluding hydrogens is 635 g/mol. The summed E-state index contributed by atoms with van der Waals surface area (Å²) in [6.45, 7) is 0. The van der Waals surface area contributed by atoms with E-state index in [1.807, 2.05) is 0 Å². The van der Waals surface area contributed by atoms with Gasteiger partial charge < -0.3 is 0 Å². The van der Waals surface area contributed by atoms with Crippen LogP contribution in [0, 0.1) is 0 Å². The summed E-state index contributed by atoms with van der Waals surface area (Å²) in [6, 6.07) is 64.3. The lowest BCUT2D eigenvalue weighted by Crippen LogP contribution is -2.30. The number of hydrogen-bond acceptors (Lipinski definition) is 0. The Labute approximate surface area is 271 Å². The van der Waals surface area contributed by atoms with Crippen LogP contribution in [0.5, 0.6) is 0 Å². The molecule has 0 saturated carbocycles. The summed E-state index contributed by atoms with van der Waals surface area (Å²) in [7, 11) is -0.0293. The summed E-state index contributed by atoms with van der Waals surface area (Å²) in [6.07, 6.45) is -12.1. The second kappa shape index (κ2) is 16.8. The van der Waals surface area contributed by atoms with Gasteiger partial charge in [-0.1, -0.05) is 109 Å². The van der Waals surface area contributed by atoms with Crippen LogP contribution in [0.2, 0.25) is 0 Å². The Morgan fingerprint density at radius 1 is 0.239 bits per heavy atom. The molecule has 0 fully saturated rings. The van der Waals surface area contributed by atoms with E-state index in [1.165, 1.54) is 29.4 Å². The number of benzene rings is 6. The van der Waals surface area contributed by atoms with Crippen LogP contribution in [0.15, 0.2) is 211 Å². The van der Waals surface area contributed by atoms with Crippen molar-refractivity contribution in [2.45, 2.75) is 41.7 Å².